The zero-order valence-corrected chi connectivity index (χ0v) is 18.1. The molecule has 2 aromatic rings. The van der Waals surface area contributed by atoms with E-state index in [4.69, 9.17) is 21.7 Å². The Hall–Kier alpha value is -2.38. The first kappa shape index (κ1) is 26.8. The Morgan fingerprint density at radius 1 is 0.963 bits per heavy atom. The van der Waals surface area contributed by atoms with Crippen LogP contribution in [0, 0.1) is 0 Å². The Morgan fingerprint density at radius 2 is 1.33 bits per heavy atom. The van der Waals surface area contributed by atoms with E-state index in [9.17, 15) is 9.59 Å². The highest BCUT2D eigenvalue weighted by Crippen LogP contribution is 2.11. The Balaban J connectivity index is 0. The lowest BCUT2D eigenvalue weighted by molar-refractivity contribution is 0.0593. The first-order valence-electron chi connectivity index (χ1n) is 7.08. The monoisotopic (exact) mass is 510 g/mol. The quantitative estimate of drug-likeness (QED) is 0.430. The summed E-state index contributed by atoms with van der Waals surface area (Å²) in [5.74, 6) is -1.80. The van der Waals surface area contributed by atoms with Crippen LogP contribution in [0.4, 0.5) is 11.6 Å². The van der Waals surface area contributed by atoms with E-state index in [1.54, 1.807) is 0 Å². The minimum Gasteiger partial charge on any atom is -0.476 e. The number of aromatic nitrogens is 4. The molecule has 0 aliphatic heterocycles. The molecule has 0 saturated carbocycles. The topological polar surface area (TPSA) is 187 Å². The van der Waals surface area contributed by atoms with Crippen LogP contribution in [0.3, 0.4) is 0 Å². The highest BCUT2D eigenvalue weighted by molar-refractivity contribution is 9.10. The number of nitrogens with zero attached hydrogens (tertiary/aromatic N) is 4. The molecule has 2 aromatic heterocycles. The van der Waals surface area contributed by atoms with E-state index in [-0.39, 0.29) is 23.0 Å². The van der Waals surface area contributed by atoms with E-state index < -0.39 is 11.9 Å². The van der Waals surface area contributed by atoms with E-state index >= 15 is 0 Å². The van der Waals surface area contributed by atoms with Crippen molar-refractivity contribution >= 4 is 55.4 Å². The fourth-order valence-electron chi connectivity index (χ4n) is 1.16. The molecule has 0 radical (unpaired) electrons. The van der Waals surface area contributed by atoms with Gasteiger partial charge in [0.15, 0.2) is 23.0 Å². The number of ether oxygens (including phenoxy) is 1. The van der Waals surface area contributed by atoms with E-state index in [1.165, 1.54) is 19.5 Å². The van der Waals surface area contributed by atoms with Gasteiger partial charge in [0.2, 0.25) is 0 Å². The van der Waals surface area contributed by atoms with E-state index in [0.29, 0.717) is 9.21 Å². The molecule has 0 amide bonds. The van der Waals surface area contributed by atoms with Gasteiger partial charge in [-0.2, -0.15) is 0 Å². The molecule has 2 rings (SSSR count). The van der Waals surface area contributed by atoms with E-state index in [0.717, 1.165) is 7.11 Å². The van der Waals surface area contributed by atoms with Crippen molar-refractivity contribution in [2.45, 2.75) is 13.8 Å². The first-order valence-corrected chi connectivity index (χ1v) is 8.67. The number of carbonyl (C=O) groups is 2. The van der Waals surface area contributed by atoms with Gasteiger partial charge in [0.05, 0.1) is 19.5 Å². The number of nitrogen functional groups attached to an aromatic ring is 2. The van der Waals surface area contributed by atoms with E-state index in [1.807, 2.05) is 13.8 Å². The second kappa shape index (κ2) is 14.8. The van der Waals surface area contributed by atoms with Gasteiger partial charge in [-0.15, -0.1) is 0 Å². The summed E-state index contributed by atoms with van der Waals surface area (Å²) in [5, 5.41) is 15.5. The third kappa shape index (κ3) is 9.77. The molecule has 13 heteroatoms. The summed E-state index contributed by atoms with van der Waals surface area (Å²) in [6, 6.07) is 0. The lowest BCUT2D eigenvalue weighted by Crippen LogP contribution is -2.09. The van der Waals surface area contributed by atoms with Crippen molar-refractivity contribution in [3.8, 4) is 0 Å². The van der Waals surface area contributed by atoms with Gasteiger partial charge in [0.1, 0.15) is 9.21 Å². The zero-order chi connectivity index (χ0) is 21.6. The lowest BCUT2D eigenvalue weighted by Gasteiger charge is -2.00. The smallest absolute Gasteiger partial charge is 0.360 e. The van der Waals surface area contributed by atoms with Crippen LogP contribution in [-0.4, -0.2) is 56.3 Å². The number of hydrogen-bond acceptors (Lipinski definition) is 10. The molecule has 11 nitrogen and oxygen atoms in total. The number of methoxy groups -OCH3 is 1. The molecule has 0 saturated heterocycles. The summed E-state index contributed by atoms with van der Waals surface area (Å²) in [6.07, 6.45) is 2.74. The SMILES string of the molecule is CC.CO.COC(=O)c1nc(Br)cnc1N.Nc1ncc(Br)nc1C(=O)O. The fourth-order valence-corrected chi connectivity index (χ4v) is 1.72. The Labute approximate surface area is 172 Å². The highest BCUT2D eigenvalue weighted by Gasteiger charge is 2.13. The predicted molar refractivity (Wildman–Crippen MR) is 106 cm³/mol. The third-order valence-corrected chi connectivity index (χ3v) is 2.89. The Kier molecular flexibility index (Phi) is 14.7. The van der Waals surface area contributed by atoms with E-state index in [2.05, 4.69) is 56.5 Å². The molecular formula is C14H20Br2N6O5. The summed E-state index contributed by atoms with van der Waals surface area (Å²) in [4.78, 5) is 36.0. The van der Waals surface area contributed by atoms with Crippen molar-refractivity contribution in [2.24, 2.45) is 0 Å². The summed E-state index contributed by atoms with van der Waals surface area (Å²) in [5.41, 5.74) is 10.4. The fraction of sp³-hybridized carbons (Fsp3) is 0.286. The van der Waals surface area contributed by atoms with Gasteiger partial charge in [-0.05, 0) is 31.9 Å². The molecule has 2 heterocycles. The third-order valence-electron chi connectivity index (χ3n) is 2.12. The number of aromatic carboxylic acids is 1. The Bertz CT molecular complexity index is 748. The first-order chi connectivity index (χ1) is 12.8. The minimum absolute atomic E-state index is 0.0203. The molecule has 0 fully saturated rings. The minimum atomic E-state index is -1.18. The molecule has 6 N–H and O–H groups in total. The number of rotatable bonds is 2. The van der Waals surface area contributed by atoms with Crippen molar-refractivity contribution in [3.63, 3.8) is 0 Å². The number of hydrogen-bond donors (Lipinski definition) is 4. The second-order valence-corrected chi connectivity index (χ2v) is 5.27. The van der Waals surface area contributed by atoms with Crippen LogP contribution >= 0.6 is 31.9 Å². The normalized spacial score (nSPS) is 8.56. The summed E-state index contributed by atoms with van der Waals surface area (Å²) in [6.45, 7) is 4.00. The van der Waals surface area contributed by atoms with Crippen molar-refractivity contribution in [1.29, 1.82) is 0 Å². The zero-order valence-electron chi connectivity index (χ0n) is 15.0. The summed E-state index contributed by atoms with van der Waals surface area (Å²) >= 11 is 6.03. The van der Waals surface area contributed by atoms with Crippen LogP contribution in [0.1, 0.15) is 34.8 Å². The Morgan fingerprint density at radius 3 is 1.67 bits per heavy atom. The average Bonchev–Trinajstić information content (AvgIpc) is 2.68. The number of anilines is 2. The van der Waals surface area contributed by atoms with Gasteiger partial charge in [-0.3, -0.25) is 0 Å². The van der Waals surface area contributed by atoms with Gasteiger partial charge >= 0.3 is 11.9 Å². The molecule has 150 valence electrons. The molecule has 0 atom stereocenters. The van der Waals surface area contributed by atoms with Gasteiger partial charge in [-0.1, -0.05) is 13.8 Å². The second-order valence-electron chi connectivity index (χ2n) is 3.65. The largest absolute Gasteiger partial charge is 0.476 e. The molecule has 0 aliphatic rings. The maximum absolute atomic E-state index is 11.0. The predicted octanol–water partition coefficient (Wildman–Crippen LogP) is 1.76. The molecule has 0 bridgehead atoms. The standard InChI is InChI=1S/C6H6BrN3O2.C5H4BrN3O2.C2H6.CH4O/c1-12-6(11)4-5(8)9-2-3(7)10-4;6-2-1-8-4(7)3(9-2)5(10)11;2*1-2/h2H,1H3,(H2,8,9);1H,(H2,7,8)(H,10,11);1-2H3;2H,1H3. The number of halogens is 2. The van der Waals surface area contributed by atoms with Crippen molar-refractivity contribution in [2.75, 3.05) is 25.7 Å². The number of esters is 1. The number of carboxylic acid groups (broad SMARTS) is 1. The number of nitrogens with two attached hydrogens (primary N) is 2. The van der Waals surface area contributed by atoms with Crippen LogP contribution in [0.15, 0.2) is 21.6 Å². The van der Waals surface area contributed by atoms with Gasteiger partial charge in [0.25, 0.3) is 0 Å². The summed E-state index contributed by atoms with van der Waals surface area (Å²) in [7, 11) is 2.25. The molecule has 0 aromatic carbocycles. The van der Waals surface area contributed by atoms with Crippen LogP contribution in [-0.2, 0) is 4.74 Å². The number of carbonyl (C=O) groups excluding carboxylic acids is 1. The average molecular weight is 512 g/mol. The van der Waals surface area contributed by atoms with Crippen molar-refractivity contribution in [1.82, 2.24) is 19.9 Å². The van der Waals surface area contributed by atoms with Crippen LogP contribution in [0.2, 0.25) is 0 Å². The molecule has 0 aliphatic carbocycles. The van der Waals surface area contributed by atoms with Gasteiger partial charge in [-0.25, -0.2) is 29.5 Å². The maximum atomic E-state index is 11.0. The van der Waals surface area contributed by atoms with Crippen LogP contribution in [0.5, 0.6) is 0 Å². The summed E-state index contributed by atoms with van der Waals surface area (Å²) < 4.78 is 5.22. The number of aliphatic hydroxyl groups excluding tert-OH is 1. The maximum Gasteiger partial charge on any atom is 0.360 e. The highest BCUT2D eigenvalue weighted by atomic mass is 79.9. The molecule has 27 heavy (non-hydrogen) atoms. The number of aliphatic hydroxyl groups is 1. The van der Waals surface area contributed by atoms with Crippen molar-refractivity contribution in [3.05, 3.63) is 33.0 Å². The number of carboxylic acids is 1. The van der Waals surface area contributed by atoms with Crippen molar-refractivity contribution < 1.29 is 24.5 Å². The van der Waals surface area contributed by atoms with Crippen LogP contribution < -0.4 is 11.5 Å². The molecule has 0 unspecified atom stereocenters. The molecule has 0 spiro atoms. The van der Waals surface area contributed by atoms with Crippen LogP contribution in [0.25, 0.3) is 0 Å². The van der Waals surface area contributed by atoms with Gasteiger partial charge in [0, 0.05) is 7.11 Å². The molecular weight excluding hydrogens is 492 g/mol. The van der Waals surface area contributed by atoms with Gasteiger partial charge < -0.3 is 26.4 Å². The lowest BCUT2D eigenvalue weighted by atomic mass is 10.4.